The summed E-state index contributed by atoms with van der Waals surface area (Å²) in [6.07, 6.45) is 2.84. The second kappa shape index (κ2) is 5.06. The highest BCUT2D eigenvalue weighted by molar-refractivity contribution is 5.47. The Hall–Kier alpha value is -1.19. The fraction of sp³-hybridized carbons (Fsp3) is 0.600. The summed E-state index contributed by atoms with van der Waals surface area (Å²) in [6, 6.07) is 1.44. The third-order valence-corrected chi connectivity index (χ3v) is 3.74. The van der Waals surface area contributed by atoms with Crippen LogP contribution < -0.4 is 5.32 Å². The molecule has 1 saturated carbocycles. The van der Waals surface area contributed by atoms with Gasteiger partial charge in [0, 0.05) is 18.2 Å². The number of benzene rings is 1. The third kappa shape index (κ3) is 3.43. The quantitative estimate of drug-likeness (QED) is 0.820. The molecule has 0 saturated heterocycles. The molecule has 1 nitrogen and oxygen atoms in total. The lowest BCUT2D eigenvalue weighted by Gasteiger charge is -2.39. The highest BCUT2D eigenvalue weighted by Crippen LogP contribution is 2.40. The van der Waals surface area contributed by atoms with Crippen molar-refractivity contribution in [1.29, 1.82) is 0 Å². The fourth-order valence-corrected chi connectivity index (χ4v) is 3.34. The summed E-state index contributed by atoms with van der Waals surface area (Å²) in [5, 5.41) is 2.91. The Bertz CT molecular complexity index is 447. The van der Waals surface area contributed by atoms with Crippen molar-refractivity contribution in [2.75, 3.05) is 5.32 Å². The van der Waals surface area contributed by atoms with Crippen LogP contribution in [0, 0.1) is 28.8 Å². The Morgan fingerprint density at radius 3 is 2.21 bits per heavy atom. The van der Waals surface area contributed by atoms with E-state index in [4.69, 9.17) is 0 Å². The first kappa shape index (κ1) is 14.2. The van der Waals surface area contributed by atoms with Gasteiger partial charge in [-0.05, 0) is 30.6 Å². The van der Waals surface area contributed by atoms with E-state index in [-0.39, 0.29) is 17.1 Å². The molecule has 1 aliphatic carbocycles. The predicted molar refractivity (Wildman–Crippen MR) is 70.5 cm³/mol. The Morgan fingerprint density at radius 1 is 1.11 bits per heavy atom. The van der Waals surface area contributed by atoms with Gasteiger partial charge in [0.2, 0.25) is 0 Å². The minimum atomic E-state index is -0.891. The van der Waals surface area contributed by atoms with Crippen LogP contribution >= 0.6 is 0 Å². The molecule has 0 aromatic heterocycles. The van der Waals surface area contributed by atoms with Crippen molar-refractivity contribution in [2.45, 2.75) is 46.1 Å². The molecule has 0 heterocycles. The van der Waals surface area contributed by atoms with Gasteiger partial charge in [0.25, 0.3) is 0 Å². The second-order valence-electron chi connectivity index (χ2n) is 6.50. The standard InChI is InChI=1S/C15H20F3N/c1-9-4-11(8-15(2,3)7-9)19-14-12(17)5-10(16)6-13(14)18/h5-6,9,11,19H,4,7-8H2,1-3H3. The summed E-state index contributed by atoms with van der Waals surface area (Å²) in [5.41, 5.74) is -0.0567. The maximum Gasteiger partial charge on any atom is 0.152 e. The van der Waals surface area contributed by atoms with Crippen LogP contribution in [0.5, 0.6) is 0 Å². The smallest absolute Gasteiger partial charge is 0.152 e. The van der Waals surface area contributed by atoms with Crippen molar-refractivity contribution in [3.8, 4) is 0 Å². The van der Waals surface area contributed by atoms with Crippen LogP contribution in [0.3, 0.4) is 0 Å². The van der Waals surface area contributed by atoms with Gasteiger partial charge in [-0.25, -0.2) is 13.2 Å². The number of hydrogen-bond acceptors (Lipinski definition) is 1. The average Bonchev–Trinajstić information content (AvgIpc) is 2.20. The summed E-state index contributed by atoms with van der Waals surface area (Å²) in [6.45, 7) is 6.47. The maximum atomic E-state index is 13.6. The van der Waals surface area contributed by atoms with Gasteiger partial charge in [-0.3, -0.25) is 0 Å². The molecular weight excluding hydrogens is 251 g/mol. The van der Waals surface area contributed by atoms with Gasteiger partial charge < -0.3 is 5.32 Å². The van der Waals surface area contributed by atoms with Crippen molar-refractivity contribution >= 4 is 5.69 Å². The van der Waals surface area contributed by atoms with Gasteiger partial charge in [0.05, 0.1) is 0 Å². The minimum absolute atomic E-state index is 0.0215. The lowest BCUT2D eigenvalue weighted by atomic mass is 9.70. The molecule has 1 aliphatic rings. The highest BCUT2D eigenvalue weighted by atomic mass is 19.1. The molecule has 1 N–H and O–H groups in total. The lowest BCUT2D eigenvalue weighted by molar-refractivity contribution is 0.177. The van der Waals surface area contributed by atoms with Crippen molar-refractivity contribution < 1.29 is 13.2 Å². The van der Waals surface area contributed by atoms with Crippen LogP contribution in [0.2, 0.25) is 0 Å². The topological polar surface area (TPSA) is 12.0 Å². The molecule has 0 radical (unpaired) electrons. The summed E-state index contributed by atoms with van der Waals surface area (Å²) in [7, 11) is 0. The second-order valence-corrected chi connectivity index (χ2v) is 6.50. The number of nitrogens with one attached hydrogen (secondary N) is 1. The Kier molecular flexibility index (Phi) is 3.79. The molecule has 106 valence electrons. The van der Waals surface area contributed by atoms with Gasteiger partial charge >= 0.3 is 0 Å². The van der Waals surface area contributed by atoms with Crippen molar-refractivity contribution in [3.05, 3.63) is 29.6 Å². The van der Waals surface area contributed by atoms with E-state index < -0.39 is 17.5 Å². The first-order chi connectivity index (χ1) is 8.77. The molecule has 19 heavy (non-hydrogen) atoms. The van der Waals surface area contributed by atoms with E-state index in [1.807, 2.05) is 0 Å². The van der Waals surface area contributed by atoms with Crippen LogP contribution in [0.25, 0.3) is 0 Å². The van der Waals surface area contributed by atoms with Gasteiger partial charge in [0.1, 0.15) is 11.5 Å². The van der Waals surface area contributed by atoms with Gasteiger partial charge in [-0.15, -0.1) is 0 Å². The fourth-order valence-electron chi connectivity index (χ4n) is 3.34. The van der Waals surface area contributed by atoms with E-state index in [9.17, 15) is 13.2 Å². The van der Waals surface area contributed by atoms with E-state index >= 15 is 0 Å². The molecule has 0 aliphatic heterocycles. The summed E-state index contributed by atoms with van der Waals surface area (Å²) in [4.78, 5) is 0. The lowest BCUT2D eigenvalue weighted by Crippen LogP contribution is -2.36. The first-order valence-corrected chi connectivity index (χ1v) is 6.68. The molecule has 1 aromatic rings. The van der Waals surface area contributed by atoms with Crippen LogP contribution in [0.15, 0.2) is 12.1 Å². The maximum absolute atomic E-state index is 13.6. The number of anilines is 1. The summed E-state index contributed by atoms with van der Waals surface area (Å²) in [5.74, 6) is -2.12. The van der Waals surface area contributed by atoms with Crippen molar-refractivity contribution in [1.82, 2.24) is 0 Å². The van der Waals surface area contributed by atoms with Crippen molar-refractivity contribution in [3.63, 3.8) is 0 Å². The molecule has 0 amide bonds. The van der Waals surface area contributed by atoms with E-state index in [2.05, 4.69) is 26.1 Å². The van der Waals surface area contributed by atoms with Crippen LogP contribution in [0.4, 0.5) is 18.9 Å². The number of halogens is 3. The molecule has 0 spiro atoms. The molecule has 2 rings (SSSR count). The van der Waals surface area contributed by atoms with Crippen molar-refractivity contribution in [2.24, 2.45) is 11.3 Å². The van der Waals surface area contributed by atoms with Gasteiger partial charge in [-0.1, -0.05) is 20.8 Å². The summed E-state index contributed by atoms with van der Waals surface area (Å²) >= 11 is 0. The Labute approximate surface area is 112 Å². The van der Waals surface area contributed by atoms with E-state index in [1.54, 1.807) is 0 Å². The third-order valence-electron chi connectivity index (χ3n) is 3.74. The molecule has 1 fully saturated rings. The van der Waals surface area contributed by atoms with E-state index in [0.717, 1.165) is 19.3 Å². The zero-order chi connectivity index (χ0) is 14.2. The number of rotatable bonds is 2. The molecule has 2 unspecified atom stereocenters. The normalized spacial score (nSPS) is 26.2. The molecular formula is C15H20F3N. The zero-order valence-corrected chi connectivity index (χ0v) is 11.6. The summed E-state index contributed by atoms with van der Waals surface area (Å²) < 4.78 is 40.1. The Morgan fingerprint density at radius 2 is 1.68 bits per heavy atom. The van der Waals surface area contributed by atoms with E-state index in [1.165, 1.54) is 0 Å². The number of hydrogen-bond donors (Lipinski definition) is 1. The average molecular weight is 271 g/mol. The minimum Gasteiger partial charge on any atom is -0.378 e. The monoisotopic (exact) mass is 271 g/mol. The molecule has 4 heteroatoms. The molecule has 2 atom stereocenters. The zero-order valence-electron chi connectivity index (χ0n) is 11.6. The molecule has 1 aromatic carbocycles. The van der Waals surface area contributed by atoms with E-state index in [0.29, 0.717) is 18.1 Å². The van der Waals surface area contributed by atoms with Crippen LogP contribution in [-0.2, 0) is 0 Å². The predicted octanol–water partition coefficient (Wildman–Crippen LogP) is 4.73. The van der Waals surface area contributed by atoms with Gasteiger partial charge in [0.15, 0.2) is 11.6 Å². The van der Waals surface area contributed by atoms with Crippen LogP contribution in [0.1, 0.15) is 40.0 Å². The SMILES string of the molecule is CC1CC(Nc2c(F)cc(F)cc2F)CC(C)(C)C1. The molecule has 0 bridgehead atoms. The van der Waals surface area contributed by atoms with Gasteiger partial charge in [-0.2, -0.15) is 0 Å². The largest absolute Gasteiger partial charge is 0.378 e. The first-order valence-electron chi connectivity index (χ1n) is 6.68. The Balaban J connectivity index is 2.17. The van der Waals surface area contributed by atoms with Crippen LogP contribution in [-0.4, -0.2) is 6.04 Å². The highest BCUT2D eigenvalue weighted by Gasteiger charge is 2.32.